The van der Waals surface area contributed by atoms with Crippen LogP contribution >= 0.6 is 0 Å². The van der Waals surface area contributed by atoms with Crippen LogP contribution in [0, 0.1) is 5.82 Å². The third-order valence-electron chi connectivity index (χ3n) is 4.01. The van der Waals surface area contributed by atoms with E-state index in [1.807, 2.05) is 42.5 Å². The molecule has 0 bridgehead atoms. The molecule has 26 heavy (non-hydrogen) atoms. The minimum absolute atomic E-state index is 0.148. The van der Waals surface area contributed by atoms with Crippen molar-refractivity contribution in [2.75, 3.05) is 17.2 Å². The summed E-state index contributed by atoms with van der Waals surface area (Å²) < 4.78 is 13.2. The number of halogens is 1. The molecule has 3 nitrogen and oxygen atoms in total. The Morgan fingerprint density at radius 3 is 2.23 bits per heavy atom. The maximum Gasteiger partial charge on any atom is 0.228 e. The summed E-state index contributed by atoms with van der Waals surface area (Å²) in [6.07, 6.45) is 1.10. The molecule has 0 fully saturated rings. The Bertz CT molecular complexity index is 848. The fourth-order valence-corrected chi connectivity index (χ4v) is 2.70. The molecule has 3 rings (SSSR count). The molecule has 2 N–H and O–H groups in total. The lowest BCUT2D eigenvalue weighted by molar-refractivity contribution is -0.115. The van der Waals surface area contributed by atoms with Gasteiger partial charge in [0.05, 0.1) is 6.42 Å². The van der Waals surface area contributed by atoms with Crippen molar-refractivity contribution < 1.29 is 9.18 Å². The molecule has 0 aliphatic heterocycles. The summed E-state index contributed by atoms with van der Waals surface area (Å²) in [5, 5.41) is 6.20. The molecule has 3 aromatic carbocycles. The first-order valence-electron chi connectivity index (χ1n) is 8.61. The summed E-state index contributed by atoms with van der Waals surface area (Å²) in [7, 11) is 0. The summed E-state index contributed by atoms with van der Waals surface area (Å²) in [5.74, 6) is -0.499. The quantitative estimate of drug-likeness (QED) is 0.652. The van der Waals surface area contributed by atoms with Gasteiger partial charge >= 0.3 is 0 Å². The molecule has 0 aromatic heterocycles. The molecule has 0 aliphatic rings. The van der Waals surface area contributed by atoms with Crippen molar-refractivity contribution in [3.63, 3.8) is 0 Å². The van der Waals surface area contributed by atoms with Crippen molar-refractivity contribution in [3.8, 4) is 0 Å². The van der Waals surface area contributed by atoms with Crippen molar-refractivity contribution in [3.05, 3.63) is 95.8 Å². The van der Waals surface area contributed by atoms with Gasteiger partial charge in [0.2, 0.25) is 5.91 Å². The van der Waals surface area contributed by atoms with Crippen LogP contribution in [-0.2, 0) is 17.6 Å². The van der Waals surface area contributed by atoms with Crippen molar-refractivity contribution in [1.82, 2.24) is 0 Å². The Hall–Kier alpha value is -3.14. The van der Waals surface area contributed by atoms with Gasteiger partial charge in [-0.3, -0.25) is 4.79 Å². The smallest absolute Gasteiger partial charge is 0.228 e. The Morgan fingerprint density at radius 2 is 1.50 bits per heavy atom. The molecule has 1 amide bonds. The van der Waals surface area contributed by atoms with Gasteiger partial charge in [-0.15, -0.1) is 0 Å². The first kappa shape index (κ1) is 17.7. The Balaban J connectivity index is 1.47. The minimum Gasteiger partial charge on any atom is -0.385 e. The monoisotopic (exact) mass is 348 g/mol. The molecule has 0 spiro atoms. The minimum atomic E-state index is -0.332. The van der Waals surface area contributed by atoms with E-state index in [4.69, 9.17) is 0 Å². The maximum atomic E-state index is 13.2. The van der Waals surface area contributed by atoms with Crippen LogP contribution in [0.1, 0.15) is 11.1 Å². The van der Waals surface area contributed by atoms with Gasteiger partial charge in [-0.05, 0) is 53.9 Å². The van der Waals surface area contributed by atoms with E-state index in [1.165, 1.54) is 17.7 Å². The number of anilines is 2. The number of hydrogen-bond donors (Lipinski definition) is 2. The number of carbonyl (C=O) groups excluding carboxylic acids is 1. The Labute approximate surface area is 152 Å². The average Bonchev–Trinajstić information content (AvgIpc) is 2.64. The second-order valence-corrected chi connectivity index (χ2v) is 6.09. The van der Waals surface area contributed by atoms with Gasteiger partial charge in [0.1, 0.15) is 5.82 Å². The fraction of sp³-hybridized carbons (Fsp3) is 0.136. The van der Waals surface area contributed by atoms with E-state index < -0.39 is 0 Å². The second-order valence-electron chi connectivity index (χ2n) is 6.09. The number of carbonyl (C=O) groups is 1. The predicted octanol–water partition coefficient (Wildman–Crippen LogP) is 4.66. The number of amides is 1. The standard InChI is InChI=1S/C22H21FN2O/c23-19-8-4-7-18(15-19)16-22(26)25-21-11-9-20(10-12-21)24-14-13-17-5-2-1-3-6-17/h1-12,15,24H,13-14,16H2,(H,25,26). The zero-order valence-electron chi connectivity index (χ0n) is 14.4. The van der Waals surface area contributed by atoms with Gasteiger partial charge in [0.25, 0.3) is 0 Å². The van der Waals surface area contributed by atoms with Gasteiger partial charge in [-0.25, -0.2) is 4.39 Å². The zero-order valence-corrected chi connectivity index (χ0v) is 14.4. The average molecular weight is 348 g/mol. The Kier molecular flexibility index (Phi) is 5.99. The van der Waals surface area contributed by atoms with Crippen molar-refractivity contribution in [2.45, 2.75) is 12.8 Å². The summed E-state index contributed by atoms with van der Waals surface area (Å²) in [6.45, 7) is 0.843. The van der Waals surface area contributed by atoms with Gasteiger partial charge in [0.15, 0.2) is 0 Å². The first-order chi connectivity index (χ1) is 12.7. The van der Waals surface area contributed by atoms with Crippen molar-refractivity contribution in [2.24, 2.45) is 0 Å². The number of hydrogen-bond acceptors (Lipinski definition) is 2. The highest BCUT2D eigenvalue weighted by atomic mass is 19.1. The van der Waals surface area contributed by atoms with Crippen molar-refractivity contribution in [1.29, 1.82) is 0 Å². The first-order valence-corrected chi connectivity index (χ1v) is 8.61. The van der Waals surface area contributed by atoms with E-state index >= 15 is 0 Å². The molecule has 0 unspecified atom stereocenters. The maximum absolute atomic E-state index is 13.2. The van der Waals surface area contributed by atoms with Crippen LogP contribution in [0.5, 0.6) is 0 Å². The third-order valence-corrected chi connectivity index (χ3v) is 4.01. The van der Waals surface area contributed by atoms with Gasteiger partial charge in [-0.2, -0.15) is 0 Å². The van der Waals surface area contributed by atoms with Crippen LogP contribution in [0.4, 0.5) is 15.8 Å². The third kappa shape index (κ3) is 5.45. The topological polar surface area (TPSA) is 41.1 Å². The highest BCUT2D eigenvalue weighted by molar-refractivity contribution is 5.92. The van der Waals surface area contributed by atoms with Crippen LogP contribution < -0.4 is 10.6 Å². The number of nitrogens with one attached hydrogen (secondary N) is 2. The van der Waals surface area contributed by atoms with E-state index in [2.05, 4.69) is 22.8 Å². The van der Waals surface area contributed by atoms with Crippen LogP contribution in [0.2, 0.25) is 0 Å². The van der Waals surface area contributed by atoms with E-state index in [0.29, 0.717) is 5.56 Å². The van der Waals surface area contributed by atoms with Crippen LogP contribution in [-0.4, -0.2) is 12.5 Å². The van der Waals surface area contributed by atoms with Gasteiger partial charge < -0.3 is 10.6 Å². The number of benzene rings is 3. The summed E-state index contributed by atoms with van der Waals surface area (Å²) in [6, 6.07) is 24.0. The number of rotatable bonds is 7. The van der Waals surface area contributed by atoms with Gasteiger partial charge in [-0.1, -0.05) is 42.5 Å². The molecule has 0 heterocycles. The molecule has 3 aromatic rings. The summed E-state index contributed by atoms with van der Waals surface area (Å²) in [5.41, 5.74) is 3.67. The molecule has 0 aliphatic carbocycles. The normalized spacial score (nSPS) is 10.3. The predicted molar refractivity (Wildman–Crippen MR) is 104 cm³/mol. The zero-order chi connectivity index (χ0) is 18.2. The highest BCUT2D eigenvalue weighted by Gasteiger charge is 2.05. The Morgan fingerprint density at radius 1 is 0.808 bits per heavy atom. The SMILES string of the molecule is O=C(Cc1cccc(F)c1)Nc1ccc(NCCc2ccccc2)cc1. The highest BCUT2D eigenvalue weighted by Crippen LogP contribution is 2.14. The van der Waals surface area contributed by atoms with E-state index in [-0.39, 0.29) is 18.1 Å². The molecule has 0 atom stereocenters. The lowest BCUT2D eigenvalue weighted by atomic mass is 10.1. The second kappa shape index (κ2) is 8.81. The van der Waals surface area contributed by atoms with Crippen LogP contribution in [0.25, 0.3) is 0 Å². The molecule has 4 heteroatoms. The lowest BCUT2D eigenvalue weighted by Gasteiger charge is -2.09. The molecular formula is C22H21FN2O. The van der Waals surface area contributed by atoms with E-state index in [0.717, 1.165) is 24.3 Å². The van der Waals surface area contributed by atoms with E-state index in [9.17, 15) is 9.18 Å². The molecular weight excluding hydrogens is 327 g/mol. The molecule has 0 radical (unpaired) electrons. The lowest BCUT2D eigenvalue weighted by Crippen LogP contribution is -2.14. The van der Waals surface area contributed by atoms with Gasteiger partial charge in [0, 0.05) is 17.9 Å². The van der Waals surface area contributed by atoms with E-state index in [1.54, 1.807) is 12.1 Å². The summed E-state index contributed by atoms with van der Waals surface area (Å²) >= 11 is 0. The molecule has 0 saturated heterocycles. The van der Waals surface area contributed by atoms with Crippen molar-refractivity contribution >= 4 is 17.3 Å². The van der Waals surface area contributed by atoms with Crippen LogP contribution in [0.3, 0.4) is 0 Å². The summed E-state index contributed by atoms with van der Waals surface area (Å²) in [4.78, 5) is 12.1. The molecule has 0 saturated carbocycles. The molecule has 132 valence electrons. The van der Waals surface area contributed by atoms with Crippen LogP contribution in [0.15, 0.2) is 78.9 Å². The fourth-order valence-electron chi connectivity index (χ4n) is 2.70. The largest absolute Gasteiger partial charge is 0.385 e.